The van der Waals surface area contributed by atoms with Gasteiger partial charge in [-0.2, -0.15) is 5.10 Å². The molecule has 1 aromatic carbocycles. The summed E-state index contributed by atoms with van der Waals surface area (Å²) in [4.78, 5) is 23.0. The fourth-order valence-corrected chi connectivity index (χ4v) is 1.69. The summed E-state index contributed by atoms with van der Waals surface area (Å²) in [5.74, 6) is -1.54. The first-order chi connectivity index (χ1) is 9.09. The Morgan fingerprint density at radius 1 is 1.32 bits per heavy atom. The topological polar surface area (TPSA) is 95.1 Å². The Morgan fingerprint density at radius 3 is 2.58 bits per heavy atom. The Bertz CT molecular complexity index is 619. The second kappa shape index (κ2) is 5.34. The number of aryl methyl sites for hydroxylation is 1. The van der Waals surface area contributed by atoms with Crippen LogP contribution in [0, 0.1) is 6.92 Å². The molecule has 6 heteroatoms. The molecule has 2 aromatic rings. The fraction of sp³-hybridized carbons (Fsp3) is 0.154. The molecule has 98 valence electrons. The van der Waals surface area contributed by atoms with Crippen molar-refractivity contribution in [2.24, 2.45) is 0 Å². The first-order valence-corrected chi connectivity index (χ1v) is 5.69. The number of carboxylic acid groups (broad SMARTS) is 1. The van der Waals surface area contributed by atoms with Crippen molar-refractivity contribution in [1.82, 2.24) is 15.5 Å². The molecule has 0 bridgehead atoms. The Kier molecular flexibility index (Phi) is 3.61. The number of hydrogen-bond donors (Lipinski definition) is 3. The van der Waals surface area contributed by atoms with Gasteiger partial charge in [0.1, 0.15) is 0 Å². The van der Waals surface area contributed by atoms with Gasteiger partial charge in [-0.25, -0.2) is 4.79 Å². The molecule has 0 aliphatic carbocycles. The van der Waals surface area contributed by atoms with Gasteiger partial charge in [0.2, 0.25) is 0 Å². The van der Waals surface area contributed by atoms with Crippen LogP contribution in [0.15, 0.2) is 30.5 Å². The first-order valence-electron chi connectivity index (χ1n) is 5.69. The lowest BCUT2D eigenvalue weighted by Gasteiger charge is -2.07. The van der Waals surface area contributed by atoms with Gasteiger partial charge in [-0.15, -0.1) is 0 Å². The van der Waals surface area contributed by atoms with Crippen LogP contribution in [0.3, 0.4) is 0 Å². The van der Waals surface area contributed by atoms with Crippen LogP contribution in [0.5, 0.6) is 0 Å². The molecular formula is C13H13N3O3. The summed E-state index contributed by atoms with van der Waals surface area (Å²) < 4.78 is 0. The van der Waals surface area contributed by atoms with E-state index in [4.69, 9.17) is 5.11 Å². The predicted octanol–water partition coefficient (Wildman–Crippen LogP) is 1.35. The number of aromatic nitrogens is 2. The molecule has 0 unspecified atom stereocenters. The number of carbonyl (C=O) groups is 2. The molecule has 2 rings (SSSR count). The van der Waals surface area contributed by atoms with E-state index in [1.54, 1.807) is 18.3 Å². The minimum atomic E-state index is -1.12. The number of carboxylic acids is 1. The molecule has 1 amide bonds. The lowest BCUT2D eigenvalue weighted by molar-refractivity contribution is 0.0691. The summed E-state index contributed by atoms with van der Waals surface area (Å²) in [6.07, 6.45) is 1.62. The van der Waals surface area contributed by atoms with E-state index >= 15 is 0 Å². The summed E-state index contributed by atoms with van der Waals surface area (Å²) in [6.45, 7) is 2.15. The second-order valence-electron chi connectivity index (χ2n) is 4.05. The first kappa shape index (κ1) is 12.8. The van der Waals surface area contributed by atoms with Crippen LogP contribution in [0.4, 0.5) is 0 Å². The summed E-state index contributed by atoms with van der Waals surface area (Å²) in [5, 5.41) is 18.3. The number of nitrogens with one attached hydrogen (secondary N) is 2. The highest BCUT2D eigenvalue weighted by molar-refractivity contribution is 6.04. The number of carbonyl (C=O) groups excluding carboxylic acids is 1. The van der Waals surface area contributed by atoms with Crippen LogP contribution in [0.1, 0.15) is 32.0 Å². The van der Waals surface area contributed by atoms with Crippen LogP contribution < -0.4 is 5.32 Å². The molecule has 0 spiro atoms. The number of benzene rings is 1. The molecular weight excluding hydrogens is 246 g/mol. The highest BCUT2D eigenvalue weighted by Crippen LogP contribution is 2.09. The molecule has 0 saturated heterocycles. The maximum absolute atomic E-state index is 12.0. The van der Waals surface area contributed by atoms with Crippen molar-refractivity contribution in [2.75, 3.05) is 0 Å². The monoisotopic (exact) mass is 259 g/mol. The molecule has 1 heterocycles. The zero-order chi connectivity index (χ0) is 13.8. The van der Waals surface area contributed by atoms with Crippen LogP contribution >= 0.6 is 0 Å². The van der Waals surface area contributed by atoms with E-state index in [1.165, 1.54) is 12.1 Å². The van der Waals surface area contributed by atoms with Gasteiger partial charge >= 0.3 is 5.97 Å². The molecule has 0 aliphatic rings. The van der Waals surface area contributed by atoms with Crippen molar-refractivity contribution in [3.63, 3.8) is 0 Å². The Labute approximate surface area is 109 Å². The van der Waals surface area contributed by atoms with Gasteiger partial charge in [0, 0.05) is 17.8 Å². The normalized spacial score (nSPS) is 10.2. The standard InChI is InChI=1S/C13H13N3O3/c1-8-9(7-15-16-8)6-14-12(17)10-4-2-3-5-11(10)13(18)19/h2-5,7H,6H2,1H3,(H,14,17)(H,15,16)(H,18,19). The number of rotatable bonds is 4. The zero-order valence-electron chi connectivity index (χ0n) is 10.3. The average Bonchev–Trinajstić information content (AvgIpc) is 2.81. The summed E-state index contributed by atoms with van der Waals surface area (Å²) in [6, 6.07) is 6.10. The SMILES string of the molecule is Cc1[nH]ncc1CNC(=O)c1ccccc1C(=O)O. The molecule has 0 atom stereocenters. The second-order valence-corrected chi connectivity index (χ2v) is 4.05. The van der Waals surface area contributed by atoms with E-state index in [9.17, 15) is 9.59 Å². The van der Waals surface area contributed by atoms with Crippen molar-refractivity contribution in [3.05, 3.63) is 52.8 Å². The highest BCUT2D eigenvalue weighted by atomic mass is 16.4. The van der Waals surface area contributed by atoms with Crippen LogP contribution in [0.2, 0.25) is 0 Å². The number of aromatic carboxylic acids is 1. The van der Waals surface area contributed by atoms with E-state index in [-0.39, 0.29) is 11.1 Å². The lowest BCUT2D eigenvalue weighted by atomic mass is 10.1. The van der Waals surface area contributed by atoms with Crippen molar-refractivity contribution in [1.29, 1.82) is 0 Å². The van der Waals surface area contributed by atoms with Crippen molar-refractivity contribution >= 4 is 11.9 Å². The van der Waals surface area contributed by atoms with Gasteiger partial charge < -0.3 is 10.4 Å². The number of nitrogens with zero attached hydrogens (tertiary/aromatic N) is 1. The minimum absolute atomic E-state index is 0.0103. The summed E-state index contributed by atoms with van der Waals surface area (Å²) >= 11 is 0. The third-order valence-electron chi connectivity index (χ3n) is 2.78. The van der Waals surface area contributed by atoms with Gasteiger partial charge in [0.15, 0.2) is 0 Å². The molecule has 0 saturated carbocycles. The Morgan fingerprint density at radius 2 is 2.00 bits per heavy atom. The van der Waals surface area contributed by atoms with Crippen molar-refractivity contribution in [2.45, 2.75) is 13.5 Å². The van der Waals surface area contributed by atoms with Crippen LogP contribution in [-0.2, 0) is 6.54 Å². The molecule has 3 N–H and O–H groups in total. The zero-order valence-corrected chi connectivity index (χ0v) is 10.3. The summed E-state index contributed by atoms with van der Waals surface area (Å²) in [5.41, 5.74) is 1.87. The van der Waals surface area contributed by atoms with E-state index in [1.807, 2.05) is 6.92 Å². The maximum atomic E-state index is 12.0. The highest BCUT2D eigenvalue weighted by Gasteiger charge is 2.15. The van der Waals surface area contributed by atoms with Gasteiger partial charge in [-0.3, -0.25) is 9.89 Å². The van der Waals surface area contributed by atoms with Crippen LogP contribution in [0.25, 0.3) is 0 Å². The minimum Gasteiger partial charge on any atom is -0.478 e. The van der Waals surface area contributed by atoms with Gasteiger partial charge in [0.05, 0.1) is 17.3 Å². The third kappa shape index (κ3) is 2.79. The van der Waals surface area contributed by atoms with E-state index in [0.717, 1.165) is 11.3 Å². The predicted molar refractivity (Wildman–Crippen MR) is 67.9 cm³/mol. The maximum Gasteiger partial charge on any atom is 0.336 e. The van der Waals surface area contributed by atoms with E-state index in [0.29, 0.717) is 6.54 Å². The number of amides is 1. The largest absolute Gasteiger partial charge is 0.478 e. The Balaban J connectivity index is 2.13. The van der Waals surface area contributed by atoms with Gasteiger partial charge in [-0.1, -0.05) is 12.1 Å². The number of aromatic amines is 1. The third-order valence-corrected chi connectivity index (χ3v) is 2.78. The van der Waals surface area contributed by atoms with Crippen molar-refractivity contribution < 1.29 is 14.7 Å². The quantitative estimate of drug-likeness (QED) is 0.772. The van der Waals surface area contributed by atoms with Crippen LogP contribution in [-0.4, -0.2) is 27.2 Å². The molecule has 6 nitrogen and oxygen atoms in total. The number of hydrogen-bond acceptors (Lipinski definition) is 3. The van der Waals surface area contributed by atoms with Crippen molar-refractivity contribution in [3.8, 4) is 0 Å². The molecule has 1 aromatic heterocycles. The molecule has 19 heavy (non-hydrogen) atoms. The number of H-pyrrole nitrogens is 1. The molecule has 0 fully saturated rings. The Hall–Kier alpha value is -2.63. The smallest absolute Gasteiger partial charge is 0.336 e. The average molecular weight is 259 g/mol. The molecule has 0 aliphatic heterocycles. The van der Waals surface area contributed by atoms with E-state index in [2.05, 4.69) is 15.5 Å². The van der Waals surface area contributed by atoms with E-state index < -0.39 is 11.9 Å². The summed E-state index contributed by atoms with van der Waals surface area (Å²) in [7, 11) is 0. The van der Waals surface area contributed by atoms with Gasteiger partial charge in [0.25, 0.3) is 5.91 Å². The lowest BCUT2D eigenvalue weighted by Crippen LogP contribution is -2.25. The molecule has 0 radical (unpaired) electrons. The fourth-order valence-electron chi connectivity index (χ4n) is 1.69. The van der Waals surface area contributed by atoms with Gasteiger partial charge in [-0.05, 0) is 19.1 Å².